The lowest BCUT2D eigenvalue weighted by Crippen LogP contribution is -2.64. The zero-order valence-corrected chi connectivity index (χ0v) is 11.7. The normalized spacial score (nSPS) is 20.8. The van der Waals surface area contributed by atoms with Crippen LogP contribution in [-0.4, -0.2) is 47.1 Å². The van der Waals surface area contributed by atoms with E-state index in [-0.39, 0.29) is 11.8 Å². The lowest BCUT2D eigenvalue weighted by atomic mass is 9.88. The molecule has 2 rings (SSSR count). The fourth-order valence-corrected chi connectivity index (χ4v) is 2.67. The molecule has 0 unspecified atom stereocenters. The van der Waals surface area contributed by atoms with Gasteiger partial charge in [0.25, 0.3) is 0 Å². The summed E-state index contributed by atoms with van der Waals surface area (Å²) in [5.41, 5.74) is -0.568. The standard InChI is InChI=1S/C14H24N2O3/c1-11(17)15-8-4-2-3-5-13(18)16-9-14(19,10-16)12-6-7-12/h12,19H,2-10H2,1H3,(H,15,17). The SMILES string of the molecule is CC(=O)NCCCCCC(=O)N1CC(O)(C2CC2)C1. The van der Waals surface area contributed by atoms with Crippen LogP contribution in [0, 0.1) is 5.92 Å². The van der Waals surface area contributed by atoms with Crippen molar-refractivity contribution in [2.24, 2.45) is 5.92 Å². The maximum absolute atomic E-state index is 11.8. The Morgan fingerprint density at radius 1 is 1.26 bits per heavy atom. The Bertz CT molecular complexity index is 347. The van der Waals surface area contributed by atoms with Crippen LogP contribution in [0.3, 0.4) is 0 Å². The van der Waals surface area contributed by atoms with Gasteiger partial charge in [-0.1, -0.05) is 6.42 Å². The first-order valence-corrected chi connectivity index (χ1v) is 7.26. The van der Waals surface area contributed by atoms with Crippen LogP contribution < -0.4 is 5.32 Å². The molecule has 19 heavy (non-hydrogen) atoms. The highest BCUT2D eigenvalue weighted by atomic mass is 16.3. The number of carbonyl (C=O) groups is 2. The minimum Gasteiger partial charge on any atom is -0.386 e. The number of rotatable bonds is 7. The fourth-order valence-electron chi connectivity index (χ4n) is 2.67. The molecule has 0 spiro atoms. The van der Waals surface area contributed by atoms with E-state index < -0.39 is 5.60 Å². The van der Waals surface area contributed by atoms with Crippen molar-refractivity contribution in [2.75, 3.05) is 19.6 Å². The Balaban J connectivity index is 1.50. The van der Waals surface area contributed by atoms with Crippen LogP contribution in [0.25, 0.3) is 0 Å². The number of unbranched alkanes of at least 4 members (excludes halogenated alkanes) is 2. The van der Waals surface area contributed by atoms with Crippen molar-refractivity contribution in [3.8, 4) is 0 Å². The molecular weight excluding hydrogens is 244 g/mol. The number of nitrogens with one attached hydrogen (secondary N) is 1. The maximum Gasteiger partial charge on any atom is 0.222 e. The molecule has 0 radical (unpaired) electrons. The summed E-state index contributed by atoms with van der Waals surface area (Å²) in [7, 11) is 0. The molecule has 5 nitrogen and oxygen atoms in total. The largest absolute Gasteiger partial charge is 0.386 e. The summed E-state index contributed by atoms with van der Waals surface area (Å²) in [5, 5.41) is 12.9. The van der Waals surface area contributed by atoms with E-state index in [1.165, 1.54) is 6.92 Å². The molecular formula is C14H24N2O3. The predicted octanol–water partition coefficient (Wildman–Crippen LogP) is 0.666. The van der Waals surface area contributed by atoms with E-state index in [4.69, 9.17) is 0 Å². The Morgan fingerprint density at radius 3 is 2.53 bits per heavy atom. The second-order valence-electron chi connectivity index (χ2n) is 5.92. The quantitative estimate of drug-likeness (QED) is 0.667. The number of amides is 2. The molecule has 0 atom stereocenters. The third kappa shape index (κ3) is 3.93. The average Bonchev–Trinajstić information content (AvgIpc) is 3.13. The molecule has 1 aliphatic carbocycles. The molecule has 1 aliphatic heterocycles. The van der Waals surface area contributed by atoms with E-state index in [1.54, 1.807) is 4.90 Å². The second-order valence-corrected chi connectivity index (χ2v) is 5.92. The highest BCUT2D eigenvalue weighted by Gasteiger charge is 2.52. The lowest BCUT2D eigenvalue weighted by Gasteiger charge is -2.47. The highest BCUT2D eigenvalue weighted by molar-refractivity contribution is 5.77. The van der Waals surface area contributed by atoms with Crippen molar-refractivity contribution in [3.05, 3.63) is 0 Å². The average molecular weight is 268 g/mol. The maximum atomic E-state index is 11.8. The monoisotopic (exact) mass is 268 g/mol. The third-order valence-corrected chi connectivity index (χ3v) is 4.06. The molecule has 0 aromatic rings. The van der Waals surface area contributed by atoms with Gasteiger partial charge in [0.2, 0.25) is 11.8 Å². The second kappa shape index (κ2) is 5.90. The summed E-state index contributed by atoms with van der Waals surface area (Å²) >= 11 is 0. The Kier molecular flexibility index (Phi) is 4.45. The van der Waals surface area contributed by atoms with Crippen molar-refractivity contribution in [1.82, 2.24) is 10.2 Å². The van der Waals surface area contributed by atoms with E-state index >= 15 is 0 Å². The van der Waals surface area contributed by atoms with Crippen LogP contribution in [-0.2, 0) is 9.59 Å². The lowest BCUT2D eigenvalue weighted by molar-refractivity contribution is -0.159. The first-order chi connectivity index (χ1) is 9.01. The molecule has 1 saturated carbocycles. The Hall–Kier alpha value is -1.10. The molecule has 2 fully saturated rings. The number of carbonyl (C=O) groups excluding carboxylic acids is 2. The minimum absolute atomic E-state index is 0.00369. The molecule has 2 N–H and O–H groups in total. The van der Waals surface area contributed by atoms with Gasteiger partial charge in [-0.2, -0.15) is 0 Å². The van der Waals surface area contributed by atoms with Gasteiger partial charge in [-0.25, -0.2) is 0 Å². The van der Waals surface area contributed by atoms with E-state index in [1.807, 2.05) is 0 Å². The summed E-state index contributed by atoms with van der Waals surface area (Å²) < 4.78 is 0. The van der Waals surface area contributed by atoms with Gasteiger partial charge in [-0.3, -0.25) is 9.59 Å². The Morgan fingerprint density at radius 2 is 1.95 bits per heavy atom. The van der Waals surface area contributed by atoms with E-state index in [9.17, 15) is 14.7 Å². The third-order valence-electron chi connectivity index (χ3n) is 4.06. The summed E-state index contributed by atoms with van der Waals surface area (Å²) in [5.74, 6) is 0.593. The van der Waals surface area contributed by atoms with Gasteiger partial charge in [0.05, 0.1) is 13.1 Å². The molecule has 2 amide bonds. The smallest absolute Gasteiger partial charge is 0.222 e. The van der Waals surface area contributed by atoms with Gasteiger partial charge in [-0.05, 0) is 31.6 Å². The summed E-state index contributed by atoms with van der Waals surface area (Å²) in [6.07, 6.45) is 5.51. The van der Waals surface area contributed by atoms with Crippen molar-refractivity contribution < 1.29 is 14.7 Å². The number of hydrogen-bond acceptors (Lipinski definition) is 3. The predicted molar refractivity (Wildman–Crippen MR) is 71.4 cm³/mol. The van der Waals surface area contributed by atoms with E-state index in [0.717, 1.165) is 32.1 Å². The number of β-amino-alcohol motifs (C(OH)–C–C–N with tert-alkyl or cyclic N) is 1. The van der Waals surface area contributed by atoms with Crippen molar-refractivity contribution in [3.63, 3.8) is 0 Å². The van der Waals surface area contributed by atoms with Crippen LogP contribution in [0.2, 0.25) is 0 Å². The zero-order valence-electron chi connectivity index (χ0n) is 11.7. The Labute approximate surface area is 114 Å². The van der Waals surface area contributed by atoms with Crippen LogP contribution in [0.4, 0.5) is 0 Å². The molecule has 108 valence electrons. The number of hydrogen-bond donors (Lipinski definition) is 2. The van der Waals surface area contributed by atoms with Crippen LogP contribution >= 0.6 is 0 Å². The summed E-state index contributed by atoms with van der Waals surface area (Å²) in [6, 6.07) is 0. The van der Waals surface area contributed by atoms with Gasteiger partial charge < -0.3 is 15.3 Å². The van der Waals surface area contributed by atoms with Gasteiger partial charge in [0.1, 0.15) is 5.60 Å². The molecule has 0 aromatic carbocycles. The summed E-state index contributed by atoms with van der Waals surface area (Å²) in [4.78, 5) is 24.3. The first kappa shape index (κ1) is 14.3. The highest BCUT2D eigenvalue weighted by Crippen LogP contribution is 2.44. The minimum atomic E-state index is -0.568. The van der Waals surface area contributed by atoms with Crippen molar-refractivity contribution in [1.29, 1.82) is 0 Å². The van der Waals surface area contributed by atoms with Gasteiger partial charge in [0, 0.05) is 19.9 Å². The molecule has 1 heterocycles. The molecule has 2 aliphatic rings. The topological polar surface area (TPSA) is 69.6 Å². The van der Waals surface area contributed by atoms with Crippen LogP contribution in [0.15, 0.2) is 0 Å². The van der Waals surface area contributed by atoms with Gasteiger partial charge >= 0.3 is 0 Å². The van der Waals surface area contributed by atoms with Crippen LogP contribution in [0.5, 0.6) is 0 Å². The number of aliphatic hydroxyl groups is 1. The molecule has 5 heteroatoms. The summed E-state index contributed by atoms with van der Waals surface area (Å²) in [6.45, 7) is 3.26. The van der Waals surface area contributed by atoms with Gasteiger partial charge in [-0.15, -0.1) is 0 Å². The van der Waals surface area contributed by atoms with Gasteiger partial charge in [0.15, 0.2) is 0 Å². The molecule has 0 aromatic heterocycles. The van der Waals surface area contributed by atoms with E-state index in [0.29, 0.717) is 32.0 Å². The molecule has 0 bridgehead atoms. The van der Waals surface area contributed by atoms with Crippen LogP contribution in [0.1, 0.15) is 45.4 Å². The first-order valence-electron chi connectivity index (χ1n) is 7.26. The number of likely N-dealkylation sites (tertiary alicyclic amines) is 1. The fraction of sp³-hybridized carbons (Fsp3) is 0.857. The van der Waals surface area contributed by atoms with Crippen molar-refractivity contribution in [2.45, 2.75) is 51.0 Å². The number of nitrogens with zero attached hydrogens (tertiary/aromatic N) is 1. The molecule has 1 saturated heterocycles. The van der Waals surface area contributed by atoms with E-state index in [2.05, 4.69) is 5.32 Å². The van der Waals surface area contributed by atoms with Crippen molar-refractivity contribution >= 4 is 11.8 Å². The zero-order chi connectivity index (χ0) is 13.9.